The SMILES string of the molecule is CN=CC=Nc1ccccc1.[CH3-].[Ni]. The molecule has 1 aromatic rings. The molecular weight excluding hydrogens is 207 g/mol. The Morgan fingerprint density at radius 1 is 1.08 bits per heavy atom. The third kappa shape index (κ3) is 6.24. The fourth-order valence-corrected chi connectivity index (χ4v) is 0.700. The molecule has 0 N–H and O–H groups in total. The summed E-state index contributed by atoms with van der Waals surface area (Å²) in [7, 11) is 1.72. The van der Waals surface area contributed by atoms with Crippen LogP contribution in [0.1, 0.15) is 0 Å². The summed E-state index contributed by atoms with van der Waals surface area (Å²) in [5.41, 5.74) is 0.951. The molecule has 74 valence electrons. The van der Waals surface area contributed by atoms with E-state index in [9.17, 15) is 0 Å². The van der Waals surface area contributed by atoms with Crippen LogP contribution in [0.2, 0.25) is 0 Å². The van der Waals surface area contributed by atoms with E-state index in [0.717, 1.165) is 5.69 Å². The third-order valence-corrected chi connectivity index (χ3v) is 1.20. The van der Waals surface area contributed by atoms with Crippen molar-refractivity contribution >= 4 is 18.1 Å². The molecule has 0 atom stereocenters. The number of hydrogen-bond acceptors (Lipinski definition) is 2. The van der Waals surface area contributed by atoms with Crippen molar-refractivity contribution in [3.8, 4) is 0 Å². The van der Waals surface area contributed by atoms with E-state index in [1.807, 2.05) is 30.3 Å². The fraction of sp³-hybridized carbons (Fsp3) is 0.100. The van der Waals surface area contributed by atoms with E-state index in [2.05, 4.69) is 9.98 Å². The first kappa shape index (κ1) is 14.6. The van der Waals surface area contributed by atoms with Gasteiger partial charge in [-0.3, -0.25) is 9.98 Å². The van der Waals surface area contributed by atoms with Crippen LogP contribution < -0.4 is 0 Å². The van der Waals surface area contributed by atoms with Crippen molar-refractivity contribution in [3.63, 3.8) is 0 Å². The van der Waals surface area contributed by atoms with Gasteiger partial charge >= 0.3 is 0 Å². The van der Waals surface area contributed by atoms with Gasteiger partial charge in [0.25, 0.3) is 0 Å². The van der Waals surface area contributed by atoms with E-state index < -0.39 is 0 Å². The van der Waals surface area contributed by atoms with Crippen molar-refractivity contribution in [1.82, 2.24) is 0 Å². The summed E-state index contributed by atoms with van der Waals surface area (Å²) in [6.45, 7) is 0. The molecule has 0 spiro atoms. The van der Waals surface area contributed by atoms with E-state index in [1.165, 1.54) is 0 Å². The first-order chi connectivity index (χ1) is 5.43. The summed E-state index contributed by atoms with van der Waals surface area (Å²) in [5.74, 6) is 0. The summed E-state index contributed by atoms with van der Waals surface area (Å²) < 4.78 is 0. The summed E-state index contributed by atoms with van der Waals surface area (Å²) in [4.78, 5) is 7.90. The van der Waals surface area contributed by atoms with Gasteiger partial charge in [0.05, 0.1) is 5.69 Å². The topological polar surface area (TPSA) is 24.7 Å². The number of nitrogens with zero attached hydrogens (tertiary/aromatic N) is 2. The van der Waals surface area contributed by atoms with Gasteiger partial charge in [-0.05, 0) is 12.1 Å². The number of aliphatic imine (C=N–C) groups is 2. The molecule has 0 aromatic heterocycles. The van der Waals surface area contributed by atoms with Crippen LogP contribution in [0.3, 0.4) is 0 Å². The second kappa shape index (κ2) is 9.14. The van der Waals surface area contributed by atoms with Crippen molar-refractivity contribution in [1.29, 1.82) is 0 Å². The maximum absolute atomic E-state index is 4.12. The molecule has 0 saturated carbocycles. The van der Waals surface area contributed by atoms with Crippen molar-refractivity contribution in [2.24, 2.45) is 9.98 Å². The van der Waals surface area contributed by atoms with Gasteiger partial charge < -0.3 is 7.43 Å². The largest absolute Gasteiger partial charge is 0.358 e. The zero-order valence-corrected chi connectivity index (χ0v) is 8.74. The van der Waals surface area contributed by atoms with Crippen molar-refractivity contribution in [2.75, 3.05) is 7.05 Å². The predicted octanol–water partition coefficient (Wildman–Crippen LogP) is 2.54. The van der Waals surface area contributed by atoms with Crippen LogP contribution >= 0.6 is 0 Å². The van der Waals surface area contributed by atoms with Gasteiger partial charge in [-0.1, -0.05) is 18.2 Å². The monoisotopic (exact) mass is 219 g/mol. The molecule has 0 aliphatic rings. The number of rotatable bonds is 2. The number of hydrogen-bond donors (Lipinski definition) is 0. The fourth-order valence-electron chi connectivity index (χ4n) is 0.700. The average Bonchev–Trinajstić information content (AvgIpc) is 2.07. The molecule has 0 aliphatic carbocycles. The molecule has 0 unspecified atom stereocenters. The second-order valence-electron chi connectivity index (χ2n) is 2.02. The summed E-state index contributed by atoms with van der Waals surface area (Å²) in [6.07, 6.45) is 3.34. The smallest absolute Gasteiger partial charge is 0.0630 e. The zero-order chi connectivity index (χ0) is 7.94. The molecule has 1 rings (SSSR count). The second-order valence-corrected chi connectivity index (χ2v) is 2.02. The normalized spacial score (nSPS) is 9.62. The summed E-state index contributed by atoms with van der Waals surface area (Å²) >= 11 is 0. The van der Waals surface area contributed by atoms with Crippen LogP contribution in [0, 0.1) is 7.43 Å². The summed E-state index contributed by atoms with van der Waals surface area (Å²) in [5, 5.41) is 0. The van der Waals surface area contributed by atoms with Gasteiger partial charge in [0, 0.05) is 36.0 Å². The Morgan fingerprint density at radius 2 is 1.69 bits per heavy atom. The van der Waals surface area contributed by atoms with Gasteiger partial charge in [0.1, 0.15) is 0 Å². The van der Waals surface area contributed by atoms with E-state index in [0.29, 0.717) is 0 Å². The molecule has 0 saturated heterocycles. The Kier molecular flexibility index (Phi) is 10.2. The molecular formula is C10H13N2Ni-. The van der Waals surface area contributed by atoms with Gasteiger partial charge in [-0.25, -0.2) is 0 Å². The molecule has 2 nitrogen and oxygen atoms in total. The first-order valence-electron chi connectivity index (χ1n) is 3.43. The Morgan fingerprint density at radius 3 is 2.23 bits per heavy atom. The molecule has 0 heterocycles. The molecule has 0 bridgehead atoms. The van der Waals surface area contributed by atoms with Crippen molar-refractivity contribution in [2.45, 2.75) is 0 Å². The van der Waals surface area contributed by atoms with Crippen LogP contribution in [-0.2, 0) is 16.5 Å². The van der Waals surface area contributed by atoms with Crippen LogP contribution in [0.25, 0.3) is 0 Å². The Balaban J connectivity index is 0. The average molecular weight is 220 g/mol. The van der Waals surface area contributed by atoms with E-state index in [1.54, 1.807) is 19.5 Å². The van der Waals surface area contributed by atoms with Gasteiger partial charge in [-0.2, -0.15) is 0 Å². The minimum atomic E-state index is 0. The van der Waals surface area contributed by atoms with E-state index >= 15 is 0 Å². The Hall–Kier alpha value is -0.946. The maximum Gasteiger partial charge on any atom is 0.0630 e. The Bertz CT molecular complexity index is 255. The molecule has 0 amide bonds. The van der Waals surface area contributed by atoms with Crippen LogP contribution in [0.4, 0.5) is 5.69 Å². The quantitative estimate of drug-likeness (QED) is 0.415. The van der Waals surface area contributed by atoms with E-state index in [4.69, 9.17) is 0 Å². The van der Waals surface area contributed by atoms with Gasteiger partial charge in [0.15, 0.2) is 0 Å². The van der Waals surface area contributed by atoms with Crippen molar-refractivity contribution < 1.29 is 16.5 Å². The van der Waals surface area contributed by atoms with E-state index in [-0.39, 0.29) is 23.9 Å². The first-order valence-corrected chi connectivity index (χ1v) is 3.43. The zero-order valence-electron chi connectivity index (χ0n) is 7.75. The van der Waals surface area contributed by atoms with Crippen LogP contribution in [0.15, 0.2) is 40.3 Å². The molecule has 0 fully saturated rings. The molecule has 1 aromatic carbocycles. The molecule has 13 heavy (non-hydrogen) atoms. The minimum Gasteiger partial charge on any atom is -0.358 e. The maximum atomic E-state index is 4.12. The van der Waals surface area contributed by atoms with Crippen molar-refractivity contribution in [3.05, 3.63) is 37.8 Å². The van der Waals surface area contributed by atoms with Crippen LogP contribution in [0.5, 0.6) is 0 Å². The van der Waals surface area contributed by atoms with Gasteiger partial charge in [-0.15, -0.1) is 0 Å². The minimum absolute atomic E-state index is 0. The molecule has 0 aliphatic heterocycles. The number of benzene rings is 1. The third-order valence-electron chi connectivity index (χ3n) is 1.20. The molecule has 0 radical (unpaired) electrons. The molecule has 3 heteroatoms. The Labute approximate surface area is 89.7 Å². The standard InChI is InChI=1S/C9H10N2.CH3.Ni/c1-10-7-8-11-9-5-3-2-4-6-9;;/h2-8H,1H3;1H3;/q;-1;. The summed E-state index contributed by atoms with van der Waals surface area (Å²) in [6, 6.07) is 9.76. The number of para-hydroxylation sites is 1. The van der Waals surface area contributed by atoms with Crippen LogP contribution in [-0.4, -0.2) is 19.5 Å². The predicted molar refractivity (Wildman–Crippen MR) is 55.4 cm³/mol. The van der Waals surface area contributed by atoms with Gasteiger partial charge in [0.2, 0.25) is 0 Å².